The molecule has 0 aliphatic rings. The summed E-state index contributed by atoms with van der Waals surface area (Å²) in [5, 5.41) is 9.05. The zero-order valence-corrected chi connectivity index (χ0v) is 26.3. The largest absolute Gasteiger partial charge is 0.456 e. The Morgan fingerprint density at radius 2 is 0.898 bits per heavy atom. The second-order valence-corrected chi connectivity index (χ2v) is 12.3. The summed E-state index contributed by atoms with van der Waals surface area (Å²) in [6.45, 7) is 0. The maximum atomic E-state index is 6.30. The van der Waals surface area contributed by atoms with Crippen molar-refractivity contribution in [2.45, 2.75) is 0 Å². The molecule has 0 spiro atoms. The van der Waals surface area contributed by atoms with Crippen LogP contribution in [-0.4, -0.2) is 15.0 Å². The monoisotopic (exact) mass is 625 g/mol. The number of para-hydroxylation sites is 1. The van der Waals surface area contributed by atoms with E-state index >= 15 is 0 Å². The molecule has 4 nitrogen and oxygen atoms in total. The minimum absolute atomic E-state index is 0.599. The van der Waals surface area contributed by atoms with Crippen molar-refractivity contribution in [3.8, 4) is 45.3 Å². The Kier molecular flexibility index (Phi) is 6.15. The third-order valence-corrected chi connectivity index (χ3v) is 9.54. The molecule has 0 bridgehead atoms. The Labute approximate surface area is 282 Å². The molecule has 0 unspecified atom stereocenters. The molecular formula is C45H27N3O. The number of hydrogen-bond acceptors (Lipinski definition) is 4. The summed E-state index contributed by atoms with van der Waals surface area (Å²) >= 11 is 0. The molecule has 49 heavy (non-hydrogen) atoms. The van der Waals surface area contributed by atoms with Gasteiger partial charge in [0.05, 0.1) is 0 Å². The summed E-state index contributed by atoms with van der Waals surface area (Å²) in [7, 11) is 0. The lowest BCUT2D eigenvalue weighted by Crippen LogP contribution is -2.02. The SMILES string of the molecule is c1ccc(-c2ccccc2-c2nc(-c3cc4c5ccccc5ccc4c4ccccc34)nc(-c3cccc4oc5ccccc5c34)n2)cc1. The molecule has 0 amide bonds. The number of fused-ring (bicyclic) bond motifs is 8. The van der Waals surface area contributed by atoms with Gasteiger partial charge >= 0.3 is 0 Å². The Morgan fingerprint density at radius 1 is 0.327 bits per heavy atom. The van der Waals surface area contributed by atoms with Gasteiger partial charge in [-0.2, -0.15) is 0 Å². The molecule has 0 N–H and O–H groups in total. The summed E-state index contributed by atoms with van der Waals surface area (Å²) < 4.78 is 6.30. The van der Waals surface area contributed by atoms with Crippen molar-refractivity contribution in [1.29, 1.82) is 0 Å². The van der Waals surface area contributed by atoms with Crippen LogP contribution < -0.4 is 0 Å². The highest BCUT2D eigenvalue weighted by Gasteiger charge is 2.21. The predicted octanol–water partition coefficient (Wildman–Crippen LogP) is 11.9. The number of aromatic nitrogens is 3. The minimum atomic E-state index is 0.599. The number of nitrogens with zero attached hydrogens (tertiary/aromatic N) is 3. The van der Waals surface area contributed by atoms with Gasteiger partial charge in [-0.25, -0.2) is 15.0 Å². The quantitative estimate of drug-likeness (QED) is 0.183. The summed E-state index contributed by atoms with van der Waals surface area (Å²) in [6, 6.07) is 56.8. The smallest absolute Gasteiger partial charge is 0.164 e. The van der Waals surface area contributed by atoms with E-state index in [2.05, 4.69) is 121 Å². The number of furan rings is 1. The second kappa shape index (κ2) is 11.0. The van der Waals surface area contributed by atoms with E-state index in [1.165, 1.54) is 21.5 Å². The van der Waals surface area contributed by atoms with Gasteiger partial charge in [-0.3, -0.25) is 0 Å². The summed E-state index contributed by atoms with van der Waals surface area (Å²) in [6.07, 6.45) is 0. The van der Waals surface area contributed by atoms with E-state index in [0.29, 0.717) is 17.5 Å². The van der Waals surface area contributed by atoms with Gasteiger partial charge in [0, 0.05) is 27.5 Å². The third kappa shape index (κ3) is 4.42. The molecule has 0 aliphatic heterocycles. The van der Waals surface area contributed by atoms with Crippen LogP contribution in [0, 0.1) is 0 Å². The first kappa shape index (κ1) is 27.5. The minimum Gasteiger partial charge on any atom is -0.456 e. The molecule has 0 atom stereocenters. The van der Waals surface area contributed by atoms with E-state index in [-0.39, 0.29) is 0 Å². The van der Waals surface area contributed by atoms with Crippen LogP contribution in [0.2, 0.25) is 0 Å². The Bertz CT molecular complexity index is 2890. The fourth-order valence-corrected chi connectivity index (χ4v) is 7.29. The van der Waals surface area contributed by atoms with E-state index in [1.54, 1.807) is 0 Å². The molecule has 0 saturated carbocycles. The highest BCUT2D eigenvalue weighted by Crippen LogP contribution is 2.40. The fourth-order valence-electron chi connectivity index (χ4n) is 7.29. The highest BCUT2D eigenvalue weighted by molar-refractivity contribution is 6.20. The van der Waals surface area contributed by atoms with Crippen molar-refractivity contribution < 1.29 is 4.42 Å². The molecule has 2 aromatic heterocycles. The zero-order valence-electron chi connectivity index (χ0n) is 26.3. The summed E-state index contributed by atoms with van der Waals surface area (Å²) in [5.74, 6) is 1.84. The van der Waals surface area contributed by atoms with Crippen LogP contribution in [0.15, 0.2) is 168 Å². The maximum absolute atomic E-state index is 6.30. The van der Waals surface area contributed by atoms with Gasteiger partial charge in [-0.15, -0.1) is 0 Å². The van der Waals surface area contributed by atoms with E-state index in [9.17, 15) is 0 Å². The molecule has 10 rings (SSSR count). The van der Waals surface area contributed by atoms with Crippen LogP contribution in [0.3, 0.4) is 0 Å². The Morgan fingerprint density at radius 3 is 1.73 bits per heavy atom. The van der Waals surface area contributed by atoms with Gasteiger partial charge in [-0.05, 0) is 61.6 Å². The molecule has 228 valence electrons. The molecule has 2 heterocycles. The van der Waals surface area contributed by atoms with Crippen LogP contribution in [-0.2, 0) is 0 Å². The molecular weight excluding hydrogens is 599 g/mol. The van der Waals surface area contributed by atoms with Crippen LogP contribution in [0.1, 0.15) is 0 Å². The average molecular weight is 626 g/mol. The second-order valence-electron chi connectivity index (χ2n) is 12.3. The van der Waals surface area contributed by atoms with Gasteiger partial charge in [0.15, 0.2) is 17.5 Å². The number of benzene rings is 8. The van der Waals surface area contributed by atoms with E-state index in [0.717, 1.165) is 60.5 Å². The summed E-state index contributed by atoms with van der Waals surface area (Å²) in [5.41, 5.74) is 6.61. The van der Waals surface area contributed by atoms with E-state index in [1.807, 2.05) is 42.5 Å². The van der Waals surface area contributed by atoms with Crippen LogP contribution in [0.5, 0.6) is 0 Å². The lowest BCUT2D eigenvalue weighted by atomic mass is 9.93. The standard InChI is InChI=1S/C45H27N3O/c1-2-13-28(14-3-1)30-16-6-9-20-35(30)43-46-44(37-22-12-24-41-42(37)36-21-10-11-23-40(36)49-41)48-45(47-43)39-27-38-31-17-5-4-15-29(31)25-26-34(38)32-18-7-8-19-33(32)39/h1-27H. The molecule has 8 aromatic carbocycles. The van der Waals surface area contributed by atoms with Crippen LogP contribution >= 0.6 is 0 Å². The first-order chi connectivity index (χ1) is 24.3. The normalized spacial score (nSPS) is 11.7. The summed E-state index contributed by atoms with van der Waals surface area (Å²) in [4.78, 5) is 15.9. The highest BCUT2D eigenvalue weighted by atomic mass is 16.3. The average Bonchev–Trinajstić information content (AvgIpc) is 3.57. The zero-order chi connectivity index (χ0) is 32.3. The molecule has 0 fully saturated rings. The number of hydrogen-bond donors (Lipinski definition) is 0. The molecule has 0 saturated heterocycles. The van der Waals surface area contributed by atoms with Crippen molar-refractivity contribution in [2.75, 3.05) is 0 Å². The molecule has 4 heteroatoms. The van der Waals surface area contributed by atoms with Crippen LogP contribution in [0.4, 0.5) is 0 Å². The van der Waals surface area contributed by atoms with Gasteiger partial charge in [0.2, 0.25) is 0 Å². The van der Waals surface area contributed by atoms with Gasteiger partial charge in [-0.1, -0.05) is 146 Å². The van der Waals surface area contributed by atoms with Crippen molar-refractivity contribution in [3.63, 3.8) is 0 Å². The van der Waals surface area contributed by atoms with Gasteiger partial charge in [0.25, 0.3) is 0 Å². The number of rotatable bonds is 4. The fraction of sp³-hybridized carbons (Fsp3) is 0. The van der Waals surface area contributed by atoms with Crippen molar-refractivity contribution >= 4 is 54.3 Å². The van der Waals surface area contributed by atoms with E-state index < -0.39 is 0 Å². The Balaban J connectivity index is 1.32. The van der Waals surface area contributed by atoms with Crippen molar-refractivity contribution in [2.24, 2.45) is 0 Å². The molecule has 0 aliphatic carbocycles. The van der Waals surface area contributed by atoms with Crippen molar-refractivity contribution in [3.05, 3.63) is 164 Å². The van der Waals surface area contributed by atoms with Crippen molar-refractivity contribution in [1.82, 2.24) is 15.0 Å². The first-order valence-electron chi connectivity index (χ1n) is 16.5. The first-order valence-corrected chi connectivity index (χ1v) is 16.5. The topological polar surface area (TPSA) is 51.8 Å². The lowest BCUT2D eigenvalue weighted by Gasteiger charge is -2.15. The van der Waals surface area contributed by atoms with Gasteiger partial charge < -0.3 is 4.42 Å². The van der Waals surface area contributed by atoms with Crippen LogP contribution in [0.25, 0.3) is 99.5 Å². The van der Waals surface area contributed by atoms with E-state index in [4.69, 9.17) is 19.4 Å². The van der Waals surface area contributed by atoms with Gasteiger partial charge in [0.1, 0.15) is 11.2 Å². The Hall–Kier alpha value is -6.65. The third-order valence-electron chi connectivity index (χ3n) is 9.54. The molecule has 10 aromatic rings. The predicted molar refractivity (Wildman–Crippen MR) is 201 cm³/mol. The molecule has 0 radical (unpaired) electrons. The lowest BCUT2D eigenvalue weighted by molar-refractivity contribution is 0.669. The maximum Gasteiger partial charge on any atom is 0.164 e.